The summed E-state index contributed by atoms with van der Waals surface area (Å²) in [6.07, 6.45) is 5.40. The Morgan fingerprint density at radius 3 is 2.64 bits per heavy atom. The topological polar surface area (TPSA) is 58.1 Å². The normalized spacial score (nSPS) is 14.1. The van der Waals surface area contributed by atoms with Crippen molar-refractivity contribution in [1.82, 2.24) is 15.3 Å². The van der Waals surface area contributed by atoms with E-state index in [1.165, 1.54) is 12.3 Å². The van der Waals surface area contributed by atoms with E-state index in [1.54, 1.807) is 24.4 Å². The number of anilines is 1. The second-order valence-electron chi connectivity index (χ2n) is 5.23. The molecule has 0 atom stereocenters. The molecule has 3 rings (SSSR count). The van der Waals surface area contributed by atoms with Crippen molar-refractivity contribution < 1.29 is 9.18 Å². The molecule has 114 valence electrons. The van der Waals surface area contributed by atoms with Gasteiger partial charge in [-0.2, -0.15) is 0 Å². The van der Waals surface area contributed by atoms with Gasteiger partial charge in [0.1, 0.15) is 17.3 Å². The first kappa shape index (κ1) is 14.4. The molecule has 1 saturated heterocycles. The Balaban J connectivity index is 1.61. The summed E-state index contributed by atoms with van der Waals surface area (Å²) in [7, 11) is 0. The molecule has 2 heterocycles. The average molecular weight is 300 g/mol. The first-order valence-electron chi connectivity index (χ1n) is 7.32. The van der Waals surface area contributed by atoms with Crippen molar-refractivity contribution in [2.45, 2.75) is 19.4 Å². The van der Waals surface area contributed by atoms with Gasteiger partial charge in [-0.15, -0.1) is 0 Å². The van der Waals surface area contributed by atoms with Gasteiger partial charge in [0, 0.05) is 25.2 Å². The van der Waals surface area contributed by atoms with Crippen LogP contribution in [0.3, 0.4) is 0 Å². The van der Waals surface area contributed by atoms with E-state index in [0.717, 1.165) is 31.7 Å². The lowest BCUT2D eigenvalue weighted by molar-refractivity contribution is 0.0945. The van der Waals surface area contributed by atoms with E-state index in [4.69, 9.17) is 0 Å². The summed E-state index contributed by atoms with van der Waals surface area (Å²) in [6.45, 7) is 2.09. The minimum absolute atomic E-state index is 0.126. The molecule has 0 saturated carbocycles. The van der Waals surface area contributed by atoms with Crippen LogP contribution in [0.2, 0.25) is 0 Å². The Hall–Kier alpha value is -2.50. The predicted molar refractivity (Wildman–Crippen MR) is 81.0 cm³/mol. The van der Waals surface area contributed by atoms with Gasteiger partial charge in [0.15, 0.2) is 0 Å². The summed E-state index contributed by atoms with van der Waals surface area (Å²) in [5.41, 5.74) is 0.678. The molecule has 0 spiro atoms. The van der Waals surface area contributed by atoms with Crippen LogP contribution < -0.4 is 10.2 Å². The first-order valence-corrected chi connectivity index (χ1v) is 7.32. The first-order chi connectivity index (χ1) is 10.7. The maximum absolute atomic E-state index is 13.5. The summed E-state index contributed by atoms with van der Waals surface area (Å²) >= 11 is 0. The van der Waals surface area contributed by atoms with Crippen LogP contribution in [0.15, 0.2) is 36.7 Å². The van der Waals surface area contributed by atoms with E-state index >= 15 is 0 Å². The van der Waals surface area contributed by atoms with Gasteiger partial charge >= 0.3 is 0 Å². The summed E-state index contributed by atoms with van der Waals surface area (Å²) in [5.74, 6) is 0.102. The summed E-state index contributed by atoms with van der Waals surface area (Å²) < 4.78 is 13.5. The summed E-state index contributed by atoms with van der Waals surface area (Å²) in [4.78, 5) is 22.6. The summed E-state index contributed by atoms with van der Waals surface area (Å²) in [6, 6.07) is 6.35. The van der Waals surface area contributed by atoms with Crippen molar-refractivity contribution in [3.63, 3.8) is 0 Å². The van der Waals surface area contributed by atoms with Gasteiger partial charge in [0.2, 0.25) is 0 Å². The van der Waals surface area contributed by atoms with Crippen LogP contribution in [0, 0.1) is 5.82 Å². The molecule has 1 aliphatic heterocycles. The fraction of sp³-hybridized carbons (Fsp3) is 0.312. The fourth-order valence-electron chi connectivity index (χ4n) is 2.46. The molecular formula is C16H17FN4O. The molecule has 1 fully saturated rings. The van der Waals surface area contributed by atoms with Crippen LogP contribution >= 0.6 is 0 Å². The maximum Gasteiger partial charge on any atom is 0.271 e. The predicted octanol–water partition coefficient (Wildman–Crippen LogP) is 2.15. The third-order valence-corrected chi connectivity index (χ3v) is 3.70. The van der Waals surface area contributed by atoms with Crippen LogP contribution in [0.4, 0.5) is 10.2 Å². The summed E-state index contributed by atoms with van der Waals surface area (Å²) in [5, 5.41) is 2.65. The van der Waals surface area contributed by atoms with Crippen molar-refractivity contribution in [1.29, 1.82) is 0 Å². The van der Waals surface area contributed by atoms with Crippen LogP contribution in [-0.4, -0.2) is 29.0 Å². The zero-order valence-electron chi connectivity index (χ0n) is 12.1. The number of aromatic nitrogens is 2. The lowest BCUT2D eigenvalue weighted by atomic mass is 10.2. The minimum atomic E-state index is -0.358. The van der Waals surface area contributed by atoms with Gasteiger partial charge in [-0.05, 0) is 18.9 Å². The van der Waals surface area contributed by atoms with E-state index < -0.39 is 0 Å². The lowest BCUT2D eigenvalue weighted by Gasteiger charge is -2.15. The quantitative estimate of drug-likeness (QED) is 0.940. The van der Waals surface area contributed by atoms with E-state index in [0.29, 0.717) is 5.56 Å². The van der Waals surface area contributed by atoms with Gasteiger partial charge < -0.3 is 10.2 Å². The van der Waals surface area contributed by atoms with Crippen LogP contribution in [-0.2, 0) is 6.54 Å². The molecule has 1 amide bonds. The number of nitrogens with zero attached hydrogens (tertiary/aromatic N) is 3. The van der Waals surface area contributed by atoms with Gasteiger partial charge in [0.25, 0.3) is 5.91 Å². The Bertz CT molecular complexity index is 653. The average Bonchev–Trinajstić information content (AvgIpc) is 3.08. The van der Waals surface area contributed by atoms with Crippen LogP contribution in [0.1, 0.15) is 28.9 Å². The molecule has 2 aromatic rings. The molecule has 0 radical (unpaired) electrons. The third kappa shape index (κ3) is 3.21. The monoisotopic (exact) mass is 300 g/mol. The number of amides is 1. The Morgan fingerprint density at radius 1 is 1.18 bits per heavy atom. The SMILES string of the molecule is O=C(NCc1ccccc1F)c1cnc(N2CCCC2)cn1. The second-order valence-corrected chi connectivity index (χ2v) is 5.23. The van der Waals surface area contributed by atoms with Crippen LogP contribution in [0.25, 0.3) is 0 Å². The van der Waals surface area contributed by atoms with Gasteiger partial charge in [-0.25, -0.2) is 14.4 Å². The highest BCUT2D eigenvalue weighted by molar-refractivity contribution is 5.91. The highest BCUT2D eigenvalue weighted by atomic mass is 19.1. The van der Waals surface area contributed by atoms with Crippen LogP contribution in [0.5, 0.6) is 0 Å². The second kappa shape index (κ2) is 6.51. The zero-order valence-corrected chi connectivity index (χ0v) is 12.1. The Labute approximate surface area is 128 Å². The minimum Gasteiger partial charge on any atom is -0.355 e. The van der Waals surface area contributed by atoms with Crippen molar-refractivity contribution in [3.05, 3.63) is 53.7 Å². The molecule has 22 heavy (non-hydrogen) atoms. The number of rotatable bonds is 4. The molecule has 0 unspecified atom stereocenters. The largest absolute Gasteiger partial charge is 0.355 e. The zero-order chi connectivity index (χ0) is 15.4. The van der Waals surface area contributed by atoms with E-state index in [2.05, 4.69) is 20.2 Å². The number of hydrogen-bond donors (Lipinski definition) is 1. The molecular weight excluding hydrogens is 283 g/mol. The number of carbonyl (C=O) groups is 1. The highest BCUT2D eigenvalue weighted by Gasteiger charge is 2.15. The number of halogens is 1. The standard InChI is InChI=1S/C16H17FN4O/c17-13-6-2-1-5-12(13)9-20-16(22)14-10-19-15(11-18-14)21-7-3-4-8-21/h1-2,5-6,10-11H,3-4,7-9H2,(H,20,22). The molecule has 1 aliphatic rings. The van der Waals surface area contributed by atoms with E-state index in [-0.39, 0.29) is 24.0 Å². The van der Waals surface area contributed by atoms with Crippen molar-refractivity contribution in [2.24, 2.45) is 0 Å². The molecule has 1 aromatic heterocycles. The molecule has 5 nitrogen and oxygen atoms in total. The van der Waals surface area contributed by atoms with Gasteiger partial charge in [-0.1, -0.05) is 18.2 Å². The number of nitrogens with one attached hydrogen (secondary N) is 1. The Kier molecular flexibility index (Phi) is 4.27. The molecule has 6 heteroatoms. The van der Waals surface area contributed by atoms with Crippen molar-refractivity contribution in [2.75, 3.05) is 18.0 Å². The molecule has 1 aromatic carbocycles. The van der Waals surface area contributed by atoms with E-state index in [9.17, 15) is 9.18 Å². The molecule has 1 N–H and O–H groups in total. The number of hydrogen-bond acceptors (Lipinski definition) is 4. The van der Waals surface area contributed by atoms with Gasteiger partial charge in [-0.3, -0.25) is 4.79 Å². The smallest absolute Gasteiger partial charge is 0.271 e. The van der Waals surface area contributed by atoms with E-state index in [1.807, 2.05) is 0 Å². The maximum atomic E-state index is 13.5. The highest BCUT2D eigenvalue weighted by Crippen LogP contribution is 2.16. The van der Waals surface area contributed by atoms with Crippen molar-refractivity contribution in [3.8, 4) is 0 Å². The van der Waals surface area contributed by atoms with Gasteiger partial charge in [0.05, 0.1) is 12.4 Å². The number of carbonyl (C=O) groups excluding carboxylic acids is 1. The molecule has 0 aliphatic carbocycles. The fourth-order valence-corrected chi connectivity index (χ4v) is 2.46. The Morgan fingerprint density at radius 2 is 1.95 bits per heavy atom. The third-order valence-electron chi connectivity index (χ3n) is 3.70. The molecule has 0 bridgehead atoms. The van der Waals surface area contributed by atoms with Crippen molar-refractivity contribution >= 4 is 11.7 Å². The lowest BCUT2D eigenvalue weighted by Crippen LogP contribution is -2.25. The number of benzene rings is 1.